The number of hydrogen-bond acceptors (Lipinski definition) is 4. The van der Waals surface area contributed by atoms with E-state index >= 15 is 0 Å². The van der Waals surface area contributed by atoms with Crippen LogP contribution in [0.4, 0.5) is 0 Å². The standard InChI is InChI=1S/C14H26N2O3/c17-11-10-15-6-8-16(9-7-15)14(18)5-4-13-3-1-2-12-19-13/h13,17H,1-12H2. The van der Waals surface area contributed by atoms with Gasteiger partial charge in [-0.25, -0.2) is 0 Å². The summed E-state index contributed by atoms with van der Waals surface area (Å²) in [4.78, 5) is 16.3. The molecule has 5 nitrogen and oxygen atoms in total. The van der Waals surface area contributed by atoms with Gasteiger partial charge in [-0.15, -0.1) is 0 Å². The first-order chi connectivity index (χ1) is 9.29. The summed E-state index contributed by atoms with van der Waals surface area (Å²) < 4.78 is 5.66. The second-order valence-electron chi connectivity index (χ2n) is 5.47. The minimum absolute atomic E-state index is 0.201. The smallest absolute Gasteiger partial charge is 0.222 e. The maximum atomic E-state index is 12.1. The van der Waals surface area contributed by atoms with E-state index in [1.165, 1.54) is 6.42 Å². The molecule has 2 rings (SSSR count). The molecule has 19 heavy (non-hydrogen) atoms. The molecule has 2 aliphatic rings. The van der Waals surface area contributed by atoms with Crippen LogP contribution in [-0.4, -0.2) is 72.9 Å². The summed E-state index contributed by atoms with van der Waals surface area (Å²) in [6.07, 6.45) is 5.29. The predicted octanol–water partition coefficient (Wildman–Crippen LogP) is 0.472. The molecule has 1 N–H and O–H groups in total. The van der Waals surface area contributed by atoms with E-state index in [0.717, 1.165) is 58.6 Å². The Labute approximate surface area is 115 Å². The Hall–Kier alpha value is -0.650. The van der Waals surface area contributed by atoms with Crippen LogP contribution < -0.4 is 0 Å². The van der Waals surface area contributed by atoms with Crippen LogP contribution in [0.2, 0.25) is 0 Å². The highest BCUT2D eigenvalue weighted by molar-refractivity contribution is 5.76. The SMILES string of the molecule is O=C(CCC1CCCCO1)N1CCN(CCO)CC1. The molecule has 0 radical (unpaired) electrons. The lowest BCUT2D eigenvalue weighted by Crippen LogP contribution is -2.49. The summed E-state index contributed by atoms with van der Waals surface area (Å²) in [6.45, 7) is 5.14. The zero-order valence-electron chi connectivity index (χ0n) is 11.7. The Balaban J connectivity index is 1.63. The van der Waals surface area contributed by atoms with E-state index in [9.17, 15) is 4.79 Å². The third-order valence-electron chi connectivity index (χ3n) is 4.10. The highest BCUT2D eigenvalue weighted by Gasteiger charge is 2.22. The van der Waals surface area contributed by atoms with Crippen LogP contribution in [0.1, 0.15) is 32.1 Å². The molecule has 0 spiro atoms. The number of hydrogen-bond donors (Lipinski definition) is 1. The van der Waals surface area contributed by atoms with Crippen molar-refractivity contribution in [3.8, 4) is 0 Å². The van der Waals surface area contributed by atoms with Crippen LogP contribution in [0.5, 0.6) is 0 Å². The summed E-state index contributed by atoms with van der Waals surface area (Å²) in [5, 5.41) is 8.89. The molecule has 0 aromatic rings. The maximum absolute atomic E-state index is 12.1. The fourth-order valence-corrected chi connectivity index (χ4v) is 2.84. The van der Waals surface area contributed by atoms with Crippen molar-refractivity contribution in [1.82, 2.24) is 9.80 Å². The molecule has 0 aromatic carbocycles. The molecule has 2 aliphatic heterocycles. The molecule has 110 valence electrons. The lowest BCUT2D eigenvalue weighted by Gasteiger charge is -2.34. The summed E-state index contributed by atoms with van der Waals surface area (Å²) >= 11 is 0. The Kier molecular flexibility index (Phi) is 6.07. The normalized spacial score (nSPS) is 25.5. The molecule has 0 aromatic heterocycles. The monoisotopic (exact) mass is 270 g/mol. The summed E-state index contributed by atoms with van der Waals surface area (Å²) in [7, 11) is 0. The lowest BCUT2D eigenvalue weighted by molar-refractivity contribution is -0.134. The number of rotatable bonds is 5. The van der Waals surface area contributed by atoms with Crippen molar-refractivity contribution >= 4 is 5.91 Å². The molecule has 1 amide bonds. The number of aliphatic hydroxyl groups excluding tert-OH is 1. The molecule has 2 heterocycles. The number of β-amino-alcohol motifs (C(OH)–C–C–N with tert-alkyl or cyclic N) is 1. The van der Waals surface area contributed by atoms with Gasteiger partial charge in [-0.05, 0) is 25.7 Å². The Bertz CT molecular complexity index is 272. The van der Waals surface area contributed by atoms with Crippen LogP contribution in [0.25, 0.3) is 0 Å². The quantitative estimate of drug-likeness (QED) is 0.789. The van der Waals surface area contributed by atoms with Gasteiger partial charge in [-0.2, -0.15) is 0 Å². The van der Waals surface area contributed by atoms with Gasteiger partial charge in [0, 0.05) is 45.8 Å². The van der Waals surface area contributed by atoms with Crippen molar-refractivity contribution in [2.45, 2.75) is 38.2 Å². The van der Waals surface area contributed by atoms with E-state index < -0.39 is 0 Å². The molecule has 5 heteroatoms. The highest BCUT2D eigenvalue weighted by atomic mass is 16.5. The van der Waals surface area contributed by atoms with Gasteiger partial charge >= 0.3 is 0 Å². The number of nitrogens with zero attached hydrogens (tertiary/aromatic N) is 2. The molecule has 2 fully saturated rings. The lowest BCUT2D eigenvalue weighted by atomic mass is 10.0. The van der Waals surface area contributed by atoms with E-state index in [-0.39, 0.29) is 12.5 Å². The minimum Gasteiger partial charge on any atom is -0.395 e. The number of amides is 1. The van der Waals surface area contributed by atoms with Crippen molar-refractivity contribution in [3.05, 3.63) is 0 Å². The van der Waals surface area contributed by atoms with E-state index in [4.69, 9.17) is 9.84 Å². The van der Waals surface area contributed by atoms with Gasteiger partial charge in [0.1, 0.15) is 0 Å². The van der Waals surface area contributed by atoms with Gasteiger partial charge in [-0.1, -0.05) is 0 Å². The van der Waals surface area contributed by atoms with Gasteiger partial charge in [0.2, 0.25) is 5.91 Å². The van der Waals surface area contributed by atoms with Crippen molar-refractivity contribution in [1.29, 1.82) is 0 Å². The van der Waals surface area contributed by atoms with Crippen LogP contribution >= 0.6 is 0 Å². The summed E-state index contributed by atoms with van der Waals surface area (Å²) in [6, 6.07) is 0. The Morgan fingerprint density at radius 2 is 2.00 bits per heavy atom. The Morgan fingerprint density at radius 3 is 2.63 bits per heavy atom. The van der Waals surface area contributed by atoms with E-state index in [1.54, 1.807) is 0 Å². The number of piperazine rings is 1. The van der Waals surface area contributed by atoms with E-state index in [0.29, 0.717) is 12.5 Å². The molecule has 0 saturated carbocycles. The Morgan fingerprint density at radius 1 is 1.21 bits per heavy atom. The molecule has 1 atom stereocenters. The third-order valence-corrected chi connectivity index (χ3v) is 4.10. The molecule has 1 unspecified atom stereocenters. The first-order valence-corrected chi connectivity index (χ1v) is 7.52. The number of ether oxygens (including phenoxy) is 1. The summed E-state index contributed by atoms with van der Waals surface area (Å²) in [5.41, 5.74) is 0. The van der Waals surface area contributed by atoms with E-state index in [2.05, 4.69) is 4.90 Å². The fraction of sp³-hybridized carbons (Fsp3) is 0.929. The first-order valence-electron chi connectivity index (χ1n) is 7.52. The van der Waals surface area contributed by atoms with Crippen molar-refractivity contribution in [3.63, 3.8) is 0 Å². The van der Waals surface area contributed by atoms with Crippen LogP contribution in [-0.2, 0) is 9.53 Å². The zero-order chi connectivity index (χ0) is 13.5. The van der Waals surface area contributed by atoms with Crippen molar-refractivity contribution in [2.75, 3.05) is 45.9 Å². The van der Waals surface area contributed by atoms with Gasteiger partial charge in [-0.3, -0.25) is 9.69 Å². The second kappa shape index (κ2) is 7.82. The van der Waals surface area contributed by atoms with Crippen LogP contribution in [0, 0.1) is 0 Å². The van der Waals surface area contributed by atoms with Crippen molar-refractivity contribution < 1.29 is 14.6 Å². The summed E-state index contributed by atoms with van der Waals surface area (Å²) in [5.74, 6) is 0.262. The molecule has 0 aliphatic carbocycles. The second-order valence-corrected chi connectivity index (χ2v) is 5.47. The predicted molar refractivity (Wildman–Crippen MR) is 72.9 cm³/mol. The topological polar surface area (TPSA) is 53.0 Å². The van der Waals surface area contributed by atoms with Gasteiger partial charge < -0.3 is 14.7 Å². The van der Waals surface area contributed by atoms with Gasteiger partial charge in [0.25, 0.3) is 0 Å². The largest absolute Gasteiger partial charge is 0.395 e. The average Bonchev–Trinajstić information content (AvgIpc) is 2.47. The first kappa shape index (κ1) is 14.8. The molecular weight excluding hydrogens is 244 g/mol. The van der Waals surface area contributed by atoms with Crippen LogP contribution in [0.15, 0.2) is 0 Å². The average molecular weight is 270 g/mol. The fourth-order valence-electron chi connectivity index (χ4n) is 2.84. The minimum atomic E-state index is 0.201. The third kappa shape index (κ3) is 4.75. The van der Waals surface area contributed by atoms with Gasteiger partial charge in [0.15, 0.2) is 0 Å². The molecule has 2 saturated heterocycles. The highest BCUT2D eigenvalue weighted by Crippen LogP contribution is 2.17. The molecular formula is C14H26N2O3. The van der Waals surface area contributed by atoms with Gasteiger partial charge in [0.05, 0.1) is 12.7 Å². The van der Waals surface area contributed by atoms with Crippen LogP contribution in [0.3, 0.4) is 0 Å². The number of carbonyl (C=O) groups excluding carboxylic acids is 1. The molecule has 0 bridgehead atoms. The van der Waals surface area contributed by atoms with Crippen molar-refractivity contribution in [2.24, 2.45) is 0 Å². The zero-order valence-corrected chi connectivity index (χ0v) is 11.7. The van der Waals surface area contributed by atoms with E-state index in [1.807, 2.05) is 4.90 Å². The maximum Gasteiger partial charge on any atom is 0.222 e. The number of aliphatic hydroxyl groups is 1. The number of carbonyl (C=O) groups is 1.